The van der Waals surface area contributed by atoms with Gasteiger partial charge < -0.3 is 5.32 Å². The average molecular weight is 216 g/mol. The predicted molar refractivity (Wildman–Crippen MR) is 62.1 cm³/mol. The number of hydrogen-bond donors (Lipinski definition) is 1. The molecule has 16 heavy (non-hydrogen) atoms. The van der Waals surface area contributed by atoms with Gasteiger partial charge >= 0.3 is 0 Å². The number of rotatable bonds is 0. The molecule has 1 atom stereocenters. The molecule has 84 valence electrons. The van der Waals surface area contributed by atoms with Gasteiger partial charge in [0.05, 0.1) is 6.04 Å². The van der Waals surface area contributed by atoms with Crippen LogP contribution in [0, 0.1) is 0 Å². The van der Waals surface area contributed by atoms with Crippen LogP contribution in [0.3, 0.4) is 0 Å². The van der Waals surface area contributed by atoms with Gasteiger partial charge in [0.25, 0.3) is 0 Å². The topological polar surface area (TPSA) is 32.3 Å². The van der Waals surface area contributed by atoms with Crippen LogP contribution in [0.1, 0.15) is 23.6 Å². The van der Waals surface area contributed by atoms with Crippen molar-refractivity contribution in [3.8, 4) is 0 Å². The van der Waals surface area contributed by atoms with Gasteiger partial charge in [-0.05, 0) is 17.5 Å². The van der Waals surface area contributed by atoms with E-state index in [1.807, 2.05) is 0 Å². The minimum absolute atomic E-state index is 0.187. The third-order valence-electron chi connectivity index (χ3n) is 3.64. The lowest BCUT2D eigenvalue weighted by atomic mass is 9.93. The zero-order valence-electron chi connectivity index (χ0n) is 9.28. The second-order valence-corrected chi connectivity index (χ2v) is 4.55. The quantitative estimate of drug-likeness (QED) is 0.704. The highest BCUT2D eigenvalue weighted by atomic mass is 16.1. The summed E-state index contributed by atoms with van der Waals surface area (Å²) in [7, 11) is 0. The van der Waals surface area contributed by atoms with Crippen LogP contribution in [-0.2, 0) is 11.2 Å². The molecule has 1 fully saturated rings. The van der Waals surface area contributed by atoms with E-state index in [0.717, 1.165) is 26.1 Å². The molecule has 0 aliphatic carbocycles. The second kappa shape index (κ2) is 3.91. The molecule has 0 aromatic heterocycles. The van der Waals surface area contributed by atoms with Crippen molar-refractivity contribution in [2.75, 3.05) is 19.6 Å². The number of hydrogen-bond acceptors (Lipinski definition) is 2. The molecule has 1 aromatic rings. The lowest BCUT2D eigenvalue weighted by molar-refractivity contribution is -0.120. The highest BCUT2D eigenvalue weighted by Gasteiger charge is 2.29. The van der Waals surface area contributed by atoms with Crippen molar-refractivity contribution >= 4 is 5.91 Å². The van der Waals surface area contributed by atoms with E-state index in [0.29, 0.717) is 12.5 Å². The van der Waals surface area contributed by atoms with Gasteiger partial charge in [0.1, 0.15) is 0 Å². The molecule has 3 nitrogen and oxygen atoms in total. The Balaban J connectivity index is 1.95. The first-order valence-electron chi connectivity index (χ1n) is 5.93. The second-order valence-electron chi connectivity index (χ2n) is 4.55. The molecule has 3 rings (SSSR count). The Morgan fingerprint density at radius 2 is 2.00 bits per heavy atom. The number of carbonyl (C=O) groups excluding carboxylic acids is 1. The molecule has 1 saturated heterocycles. The maximum absolute atomic E-state index is 11.4. The number of benzene rings is 1. The summed E-state index contributed by atoms with van der Waals surface area (Å²) in [5.41, 5.74) is 2.84. The Hall–Kier alpha value is -1.35. The normalized spacial score (nSPS) is 25.2. The standard InChI is InChI=1S/C13H16N2O/c16-13-6-8-15-7-5-10-3-1-2-4-11(10)12(15)9-14-13/h1-4,12H,5-9H2,(H,14,16)/t12-/m0/s1. The third-order valence-corrected chi connectivity index (χ3v) is 3.64. The molecule has 2 aliphatic rings. The van der Waals surface area contributed by atoms with Crippen LogP contribution < -0.4 is 5.32 Å². The molecular formula is C13H16N2O. The van der Waals surface area contributed by atoms with Gasteiger partial charge in [-0.1, -0.05) is 24.3 Å². The van der Waals surface area contributed by atoms with Gasteiger partial charge in [-0.2, -0.15) is 0 Å². The van der Waals surface area contributed by atoms with Crippen molar-refractivity contribution in [2.24, 2.45) is 0 Å². The fourth-order valence-electron chi connectivity index (χ4n) is 2.75. The van der Waals surface area contributed by atoms with Crippen LogP contribution in [0.15, 0.2) is 24.3 Å². The first-order valence-corrected chi connectivity index (χ1v) is 5.93. The first-order chi connectivity index (χ1) is 7.84. The summed E-state index contributed by atoms with van der Waals surface area (Å²) in [6.07, 6.45) is 1.75. The maximum Gasteiger partial charge on any atom is 0.221 e. The fourth-order valence-corrected chi connectivity index (χ4v) is 2.75. The molecule has 0 saturated carbocycles. The Morgan fingerprint density at radius 3 is 2.94 bits per heavy atom. The SMILES string of the molecule is O=C1CCN2CCc3ccccc3[C@@H]2CN1. The Morgan fingerprint density at radius 1 is 1.19 bits per heavy atom. The van der Waals surface area contributed by atoms with E-state index in [2.05, 4.69) is 34.5 Å². The summed E-state index contributed by atoms with van der Waals surface area (Å²) < 4.78 is 0. The number of fused-ring (bicyclic) bond motifs is 3. The Kier molecular flexibility index (Phi) is 2.40. The zero-order chi connectivity index (χ0) is 11.0. The van der Waals surface area contributed by atoms with Crippen molar-refractivity contribution in [1.82, 2.24) is 10.2 Å². The molecule has 0 radical (unpaired) electrons. The summed E-state index contributed by atoms with van der Waals surface area (Å²) in [5.74, 6) is 0.187. The van der Waals surface area contributed by atoms with Gasteiger partial charge in [0.15, 0.2) is 0 Å². The molecule has 1 N–H and O–H groups in total. The number of amides is 1. The van der Waals surface area contributed by atoms with Gasteiger partial charge in [-0.3, -0.25) is 9.69 Å². The highest BCUT2D eigenvalue weighted by molar-refractivity contribution is 5.76. The molecule has 2 aliphatic heterocycles. The third kappa shape index (κ3) is 1.61. The van der Waals surface area contributed by atoms with E-state index in [1.54, 1.807) is 0 Å². The molecule has 0 spiro atoms. The first kappa shape index (κ1) is 9.85. The summed E-state index contributed by atoms with van der Waals surface area (Å²) in [6, 6.07) is 8.98. The molecule has 2 heterocycles. The largest absolute Gasteiger partial charge is 0.354 e. The molecule has 0 bridgehead atoms. The van der Waals surface area contributed by atoms with Gasteiger partial charge in [-0.25, -0.2) is 0 Å². The number of nitrogens with zero attached hydrogens (tertiary/aromatic N) is 1. The van der Waals surface area contributed by atoms with Crippen molar-refractivity contribution in [3.05, 3.63) is 35.4 Å². The fraction of sp³-hybridized carbons (Fsp3) is 0.462. The van der Waals surface area contributed by atoms with Crippen LogP contribution in [0.25, 0.3) is 0 Å². The van der Waals surface area contributed by atoms with Gasteiger partial charge in [0, 0.05) is 26.1 Å². The minimum Gasteiger partial charge on any atom is -0.354 e. The average Bonchev–Trinajstić information content (AvgIpc) is 2.52. The van der Waals surface area contributed by atoms with Crippen molar-refractivity contribution in [1.29, 1.82) is 0 Å². The Bertz CT molecular complexity index is 416. The minimum atomic E-state index is 0.187. The lowest BCUT2D eigenvalue weighted by Gasteiger charge is -2.35. The lowest BCUT2D eigenvalue weighted by Crippen LogP contribution is -2.38. The van der Waals surface area contributed by atoms with Crippen LogP contribution in [0.2, 0.25) is 0 Å². The molecule has 3 heteroatoms. The molecule has 1 aromatic carbocycles. The monoisotopic (exact) mass is 216 g/mol. The van der Waals surface area contributed by atoms with Crippen LogP contribution in [0.5, 0.6) is 0 Å². The molecular weight excluding hydrogens is 200 g/mol. The van der Waals surface area contributed by atoms with Crippen molar-refractivity contribution < 1.29 is 4.79 Å². The van der Waals surface area contributed by atoms with E-state index in [-0.39, 0.29) is 5.91 Å². The van der Waals surface area contributed by atoms with Crippen molar-refractivity contribution in [3.63, 3.8) is 0 Å². The van der Waals surface area contributed by atoms with E-state index in [1.165, 1.54) is 11.1 Å². The molecule has 0 unspecified atom stereocenters. The van der Waals surface area contributed by atoms with Gasteiger partial charge in [-0.15, -0.1) is 0 Å². The van der Waals surface area contributed by atoms with E-state index < -0.39 is 0 Å². The summed E-state index contributed by atoms with van der Waals surface area (Å²) in [4.78, 5) is 13.8. The highest BCUT2D eigenvalue weighted by Crippen LogP contribution is 2.30. The predicted octanol–water partition coefficient (Wildman–Crippen LogP) is 1.11. The number of nitrogens with one attached hydrogen (secondary N) is 1. The van der Waals surface area contributed by atoms with Crippen LogP contribution >= 0.6 is 0 Å². The zero-order valence-corrected chi connectivity index (χ0v) is 9.28. The van der Waals surface area contributed by atoms with E-state index in [9.17, 15) is 4.79 Å². The van der Waals surface area contributed by atoms with Crippen LogP contribution in [0.4, 0.5) is 0 Å². The van der Waals surface area contributed by atoms with E-state index in [4.69, 9.17) is 0 Å². The smallest absolute Gasteiger partial charge is 0.221 e. The molecule has 1 amide bonds. The van der Waals surface area contributed by atoms with E-state index >= 15 is 0 Å². The Labute approximate surface area is 95.4 Å². The maximum atomic E-state index is 11.4. The van der Waals surface area contributed by atoms with Crippen LogP contribution in [-0.4, -0.2) is 30.4 Å². The summed E-state index contributed by atoms with van der Waals surface area (Å²) in [5, 5.41) is 3.00. The number of carbonyl (C=O) groups is 1. The van der Waals surface area contributed by atoms with Crippen molar-refractivity contribution in [2.45, 2.75) is 18.9 Å². The summed E-state index contributed by atoms with van der Waals surface area (Å²) in [6.45, 7) is 2.73. The van der Waals surface area contributed by atoms with Gasteiger partial charge in [0.2, 0.25) is 5.91 Å². The summed E-state index contributed by atoms with van der Waals surface area (Å²) >= 11 is 0.